The molecule has 4 nitrogen and oxygen atoms in total. The van der Waals surface area contributed by atoms with Crippen LogP contribution in [-0.2, 0) is 0 Å². The molecule has 0 unspecified atom stereocenters. The topological polar surface area (TPSA) is 54.5 Å². The van der Waals surface area contributed by atoms with Crippen LogP contribution in [0.1, 0.15) is 48.1 Å². The van der Waals surface area contributed by atoms with Crippen molar-refractivity contribution in [1.29, 1.82) is 0 Å². The van der Waals surface area contributed by atoms with Crippen LogP contribution in [-0.4, -0.2) is 29.4 Å². The normalized spacial score (nSPS) is 22.1. The summed E-state index contributed by atoms with van der Waals surface area (Å²) < 4.78 is 29.2. The van der Waals surface area contributed by atoms with Crippen molar-refractivity contribution >= 4 is 29.1 Å². The summed E-state index contributed by atoms with van der Waals surface area (Å²) in [6.45, 7) is 0. The van der Waals surface area contributed by atoms with E-state index < -0.39 is 40.8 Å². The molecule has 39 heavy (non-hydrogen) atoms. The van der Waals surface area contributed by atoms with Gasteiger partial charge in [0.15, 0.2) is 17.3 Å². The molecule has 6 heteroatoms. The summed E-state index contributed by atoms with van der Waals surface area (Å²) in [5.74, 6) is -3.52. The van der Waals surface area contributed by atoms with E-state index in [0.29, 0.717) is 22.4 Å². The largest absolute Gasteiger partial charge is 0.352 e. The Morgan fingerprint density at radius 2 is 1.36 bits per heavy atom. The molecule has 1 aliphatic carbocycles. The number of carbonyl (C=O) groups excluding carboxylic acids is 3. The zero-order valence-corrected chi connectivity index (χ0v) is 20.6. The van der Waals surface area contributed by atoms with Crippen LogP contribution in [0, 0.1) is 17.0 Å². The van der Waals surface area contributed by atoms with E-state index in [1.807, 2.05) is 30.3 Å². The third-order valence-corrected chi connectivity index (χ3v) is 8.35. The van der Waals surface area contributed by atoms with Crippen molar-refractivity contribution in [2.75, 3.05) is 4.90 Å². The molecule has 3 atom stereocenters. The number of carbonyl (C=O) groups is 3. The molecular formula is C33H21F2NO3. The Labute approximate surface area is 223 Å². The smallest absolute Gasteiger partial charge is 0.188 e. The number of hydrogen-bond donors (Lipinski definition) is 0. The summed E-state index contributed by atoms with van der Waals surface area (Å²) in [5.41, 5.74) is 0.679. The van der Waals surface area contributed by atoms with Crippen LogP contribution < -0.4 is 4.90 Å². The van der Waals surface area contributed by atoms with Crippen LogP contribution in [0.4, 0.5) is 14.5 Å². The van der Waals surface area contributed by atoms with E-state index in [4.69, 9.17) is 0 Å². The number of para-hydroxylation sites is 1. The highest BCUT2D eigenvalue weighted by Gasteiger charge is 2.71. The van der Waals surface area contributed by atoms with Crippen molar-refractivity contribution < 1.29 is 23.2 Å². The van der Waals surface area contributed by atoms with E-state index in [1.54, 1.807) is 41.3 Å². The van der Waals surface area contributed by atoms with Gasteiger partial charge in [-0.3, -0.25) is 14.4 Å². The SMILES string of the molecule is O=C(c1ccccc1F)[C@H]1[C@H](c2ccc(F)cc2)C2(C(=O)c3ccccc3C2=O)[C@@H]2C=Cc3ccccc3N21. The van der Waals surface area contributed by atoms with Gasteiger partial charge in [0.05, 0.1) is 11.6 Å². The van der Waals surface area contributed by atoms with Crippen molar-refractivity contribution in [2.24, 2.45) is 5.41 Å². The molecule has 4 aromatic carbocycles. The summed E-state index contributed by atoms with van der Waals surface area (Å²) in [7, 11) is 0. The Morgan fingerprint density at radius 3 is 2.05 bits per heavy atom. The van der Waals surface area contributed by atoms with E-state index in [2.05, 4.69) is 0 Å². The van der Waals surface area contributed by atoms with Crippen molar-refractivity contribution in [3.63, 3.8) is 0 Å². The lowest BCUT2D eigenvalue weighted by molar-refractivity contribution is 0.0666. The van der Waals surface area contributed by atoms with Gasteiger partial charge in [-0.05, 0) is 41.5 Å². The Kier molecular flexibility index (Phi) is 5.04. The lowest BCUT2D eigenvalue weighted by Gasteiger charge is -2.37. The van der Waals surface area contributed by atoms with Gasteiger partial charge in [-0.2, -0.15) is 0 Å². The maximum atomic E-state index is 15.1. The minimum absolute atomic E-state index is 0.132. The predicted octanol–water partition coefficient (Wildman–Crippen LogP) is 6.28. The molecule has 2 aliphatic heterocycles. The van der Waals surface area contributed by atoms with Gasteiger partial charge in [0.1, 0.15) is 23.1 Å². The molecule has 1 saturated heterocycles. The Morgan fingerprint density at radius 1 is 0.744 bits per heavy atom. The van der Waals surface area contributed by atoms with E-state index in [0.717, 1.165) is 5.56 Å². The molecule has 0 aromatic heterocycles. The fraction of sp³-hybridized carbons (Fsp3) is 0.121. The summed E-state index contributed by atoms with van der Waals surface area (Å²) in [4.78, 5) is 45.2. The van der Waals surface area contributed by atoms with Gasteiger partial charge in [0.2, 0.25) is 0 Å². The molecule has 3 aliphatic rings. The lowest BCUT2D eigenvalue weighted by atomic mass is 9.64. The second kappa shape index (κ2) is 8.40. The summed E-state index contributed by atoms with van der Waals surface area (Å²) in [6, 6.07) is 23.4. The number of Topliss-reactive ketones (excluding diaryl/α,β-unsaturated/α-hetero) is 3. The highest BCUT2D eigenvalue weighted by molar-refractivity contribution is 6.32. The highest BCUT2D eigenvalue weighted by Crippen LogP contribution is 2.61. The fourth-order valence-corrected chi connectivity index (χ4v) is 6.78. The standard InChI is InChI=1S/C33H21F2NO3/c34-21-16-13-20(14-17-21)28-29(30(37)24-10-4-5-11-25(24)35)36-26-12-6-1-7-19(26)15-18-27(36)33(28)31(38)22-8-2-3-9-23(22)32(33)39/h1-18,27-29H/t27-,28-,29+/m0/s1. The molecule has 0 N–H and O–H groups in total. The van der Waals surface area contributed by atoms with Gasteiger partial charge < -0.3 is 4.90 Å². The van der Waals surface area contributed by atoms with Crippen LogP contribution >= 0.6 is 0 Å². The molecule has 7 rings (SSSR count). The molecule has 4 aromatic rings. The van der Waals surface area contributed by atoms with Crippen LogP contribution in [0.2, 0.25) is 0 Å². The summed E-state index contributed by atoms with van der Waals surface area (Å²) in [5, 5.41) is 0. The first-order valence-corrected chi connectivity index (χ1v) is 12.7. The number of halogens is 2. The van der Waals surface area contributed by atoms with Crippen LogP contribution in [0.15, 0.2) is 103 Å². The van der Waals surface area contributed by atoms with Gasteiger partial charge in [0, 0.05) is 22.7 Å². The molecule has 0 radical (unpaired) electrons. The molecule has 190 valence electrons. The van der Waals surface area contributed by atoms with E-state index >= 15 is 4.39 Å². The number of fused-ring (bicyclic) bond motifs is 5. The number of nitrogens with zero attached hydrogens (tertiary/aromatic N) is 1. The monoisotopic (exact) mass is 517 g/mol. The number of rotatable bonds is 3. The first-order valence-electron chi connectivity index (χ1n) is 12.7. The van der Waals surface area contributed by atoms with Gasteiger partial charge in [-0.25, -0.2) is 8.78 Å². The van der Waals surface area contributed by atoms with Crippen molar-refractivity contribution in [3.05, 3.63) is 143 Å². The van der Waals surface area contributed by atoms with Crippen LogP contribution in [0.25, 0.3) is 6.08 Å². The average Bonchev–Trinajstić information content (AvgIpc) is 3.40. The van der Waals surface area contributed by atoms with Gasteiger partial charge in [0.25, 0.3) is 0 Å². The molecule has 0 saturated carbocycles. The third kappa shape index (κ3) is 3.05. The minimum Gasteiger partial charge on any atom is -0.352 e. The second-order valence-corrected chi connectivity index (χ2v) is 10.2. The molecule has 1 spiro atoms. The van der Waals surface area contributed by atoms with Gasteiger partial charge >= 0.3 is 0 Å². The number of benzene rings is 4. The quantitative estimate of drug-likeness (QED) is 0.237. The van der Waals surface area contributed by atoms with E-state index in [1.165, 1.54) is 42.5 Å². The maximum Gasteiger partial charge on any atom is 0.188 e. The number of anilines is 1. The predicted molar refractivity (Wildman–Crippen MR) is 143 cm³/mol. The molecular weight excluding hydrogens is 496 g/mol. The van der Waals surface area contributed by atoms with Crippen molar-refractivity contribution in [1.82, 2.24) is 0 Å². The second-order valence-electron chi connectivity index (χ2n) is 10.2. The molecule has 1 fully saturated rings. The van der Waals surface area contributed by atoms with Crippen molar-refractivity contribution in [3.8, 4) is 0 Å². The van der Waals surface area contributed by atoms with E-state index in [-0.39, 0.29) is 17.1 Å². The number of ketones is 3. The molecule has 0 amide bonds. The summed E-state index contributed by atoms with van der Waals surface area (Å²) >= 11 is 0. The first-order chi connectivity index (χ1) is 18.9. The zero-order valence-electron chi connectivity index (χ0n) is 20.6. The first kappa shape index (κ1) is 23.4. The van der Waals surface area contributed by atoms with E-state index in [9.17, 15) is 18.8 Å². The van der Waals surface area contributed by atoms with Gasteiger partial charge in [-0.1, -0.05) is 78.9 Å². The fourth-order valence-electron chi connectivity index (χ4n) is 6.78. The third-order valence-electron chi connectivity index (χ3n) is 8.35. The maximum absolute atomic E-state index is 15.1. The summed E-state index contributed by atoms with van der Waals surface area (Å²) in [6.07, 6.45) is 3.66. The Balaban J connectivity index is 1.56. The van der Waals surface area contributed by atoms with Crippen molar-refractivity contribution in [2.45, 2.75) is 18.0 Å². The molecule has 2 heterocycles. The molecule has 0 bridgehead atoms. The van der Waals surface area contributed by atoms with Crippen LogP contribution in [0.3, 0.4) is 0 Å². The Bertz CT molecular complexity index is 1690. The zero-order chi connectivity index (χ0) is 26.9. The minimum atomic E-state index is -1.71. The lowest BCUT2D eigenvalue weighted by Crippen LogP contribution is -2.48. The van der Waals surface area contributed by atoms with Crippen LogP contribution in [0.5, 0.6) is 0 Å². The van der Waals surface area contributed by atoms with Gasteiger partial charge in [-0.15, -0.1) is 0 Å². The Hall–Kier alpha value is -4.71. The highest BCUT2D eigenvalue weighted by atomic mass is 19.1. The average molecular weight is 518 g/mol. The number of hydrogen-bond acceptors (Lipinski definition) is 4.